The Hall–Kier alpha value is -1.73. The molecule has 0 aliphatic rings. The Kier molecular flexibility index (Phi) is 4.20. The van der Waals surface area contributed by atoms with Crippen molar-refractivity contribution in [3.63, 3.8) is 0 Å². The second-order valence-corrected chi connectivity index (χ2v) is 5.21. The summed E-state index contributed by atoms with van der Waals surface area (Å²) in [6.07, 6.45) is 0. The summed E-state index contributed by atoms with van der Waals surface area (Å²) in [5.74, 6) is -0.518. The fraction of sp³-hybridized carbons (Fsp3) is 0.0833. The van der Waals surface area contributed by atoms with Gasteiger partial charge >= 0.3 is 5.69 Å². The van der Waals surface area contributed by atoms with Gasteiger partial charge in [-0.1, -0.05) is 11.6 Å². The normalized spacial score (nSPS) is 10.4. The predicted octanol–water partition coefficient (Wildman–Crippen LogP) is 4.60. The Morgan fingerprint density at radius 2 is 2.15 bits per heavy atom. The van der Waals surface area contributed by atoms with Crippen LogP contribution in [0.4, 0.5) is 21.6 Å². The van der Waals surface area contributed by atoms with Crippen LogP contribution in [0.1, 0.15) is 5.56 Å². The number of rotatable bonds is 3. The number of anilines is 2. The first-order valence-corrected chi connectivity index (χ1v) is 6.59. The van der Waals surface area contributed by atoms with Crippen LogP contribution < -0.4 is 5.32 Å². The van der Waals surface area contributed by atoms with Crippen molar-refractivity contribution in [3.8, 4) is 0 Å². The highest BCUT2D eigenvalue weighted by Gasteiger charge is 2.17. The van der Waals surface area contributed by atoms with Crippen LogP contribution in [0, 0.1) is 22.9 Å². The van der Waals surface area contributed by atoms with Gasteiger partial charge in [0.05, 0.1) is 9.40 Å². The molecule has 0 saturated carbocycles. The second-order valence-electron chi connectivity index (χ2n) is 3.97. The quantitative estimate of drug-likeness (QED) is 0.493. The van der Waals surface area contributed by atoms with E-state index < -0.39 is 10.7 Å². The van der Waals surface area contributed by atoms with Crippen molar-refractivity contribution < 1.29 is 9.31 Å². The molecule has 0 amide bonds. The lowest BCUT2D eigenvalue weighted by atomic mass is 10.2. The summed E-state index contributed by atoms with van der Waals surface area (Å²) in [4.78, 5) is 14.2. The van der Waals surface area contributed by atoms with E-state index in [2.05, 4.69) is 26.2 Å². The molecule has 20 heavy (non-hydrogen) atoms. The molecule has 0 aliphatic carbocycles. The highest BCUT2D eigenvalue weighted by molar-refractivity contribution is 9.10. The van der Waals surface area contributed by atoms with Gasteiger partial charge in [0.15, 0.2) is 0 Å². The molecule has 0 bridgehead atoms. The van der Waals surface area contributed by atoms with Crippen molar-refractivity contribution in [3.05, 3.63) is 55.4 Å². The smallest absolute Gasteiger partial charge is 0.311 e. The summed E-state index contributed by atoms with van der Waals surface area (Å²) in [5.41, 5.74) is 0.843. The maximum Gasteiger partial charge on any atom is 0.311 e. The first-order chi connectivity index (χ1) is 9.38. The molecule has 8 heteroatoms. The molecule has 0 unspecified atom stereocenters. The van der Waals surface area contributed by atoms with Gasteiger partial charge in [0.1, 0.15) is 11.0 Å². The summed E-state index contributed by atoms with van der Waals surface area (Å²) < 4.78 is 13.8. The van der Waals surface area contributed by atoms with Crippen molar-refractivity contribution in [1.29, 1.82) is 0 Å². The minimum Gasteiger partial charge on any atom is -0.334 e. The lowest BCUT2D eigenvalue weighted by Crippen LogP contribution is -2.01. The van der Waals surface area contributed by atoms with E-state index in [-0.39, 0.29) is 16.7 Å². The highest BCUT2D eigenvalue weighted by atomic mass is 79.9. The molecule has 0 atom stereocenters. The zero-order valence-electron chi connectivity index (χ0n) is 10.2. The van der Waals surface area contributed by atoms with Crippen LogP contribution in [-0.4, -0.2) is 9.91 Å². The molecular weight excluding hydrogens is 353 g/mol. The summed E-state index contributed by atoms with van der Waals surface area (Å²) in [7, 11) is 0. The fourth-order valence-corrected chi connectivity index (χ4v) is 2.18. The number of nitrogens with zero attached hydrogens (tertiary/aromatic N) is 2. The zero-order chi connectivity index (χ0) is 14.9. The van der Waals surface area contributed by atoms with E-state index in [1.54, 1.807) is 13.0 Å². The van der Waals surface area contributed by atoms with E-state index in [4.69, 9.17) is 11.6 Å². The molecule has 2 rings (SSSR count). The van der Waals surface area contributed by atoms with E-state index in [9.17, 15) is 14.5 Å². The number of benzene rings is 1. The number of pyridine rings is 1. The van der Waals surface area contributed by atoms with Gasteiger partial charge in [0, 0.05) is 11.8 Å². The van der Waals surface area contributed by atoms with Gasteiger partial charge in [-0.3, -0.25) is 10.1 Å². The minimum atomic E-state index is -0.587. The molecule has 1 aromatic heterocycles. The zero-order valence-corrected chi connectivity index (χ0v) is 12.5. The Labute approximate surface area is 127 Å². The number of nitro groups is 1. The predicted molar refractivity (Wildman–Crippen MR) is 78.0 cm³/mol. The molecule has 0 radical (unpaired) electrons. The molecule has 1 N–H and O–H groups in total. The van der Waals surface area contributed by atoms with Crippen LogP contribution in [0.15, 0.2) is 28.7 Å². The van der Waals surface area contributed by atoms with Crippen LogP contribution in [0.5, 0.6) is 0 Å². The Balaban J connectivity index is 2.47. The standard InChI is InChI=1S/C12H8BrClFN3O2/c1-6-4-7(13)8(15)5-9(6)16-12-10(18(19)20)2-3-11(14)17-12/h2-5H,1H3,(H,16,17). The lowest BCUT2D eigenvalue weighted by molar-refractivity contribution is -0.384. The van der Waals surface area contributed by atoms with Gasteiger partial charge in [-0.25, -0.2) is 9.37 Å². The van der Waals surface area contributed by atoms with Crippen molar-refractivity contribution in [2.24, 2.45) is 0 Å². The van der Waals surface area contributed by atoms with Gasteiger partial charge in [0.2, 0.25) is 5.82 Å². The third-order valence-electron chi connectivity index (χ3n) is 2.56. The third kappa shape index (κ3) is 3.05. The Bertz CT molecular complexity index is 697. The number of hydrogen-bond acceptors (Lipinski definition) is 4. The fourth-order valence-electron chi connectivity index (χ4n) is 1.58. The minimum absolute atomic E-state index is 0.0349. The molecule has 104 valence electrons. The number of aryl methyl sites for hydroxylation is 1. The van der Waals surface area contributed by atoms with Crippen molar-refractivity contribution in [2.45, 2.75) is 6.92 Å². The first-order valence-electron chi connectivity index (χ1n) is 5.42. The molecule has 0 fully saturated rings. The molecule has 2 aromatic rings. The topological polar surface area (TPSA) is 68.1 Å². The number of nitrogens with one attached hydrogen (secondary N) is 1. The van der Waals surface area contributed by atoms with Crippen molar-refractivity contribution in [1.82, 2.24) is 4.98 Å². The Morgan fingerprint density at radius 1 is 1.45 bits per heavy atom. The van der Waals surface area contributed by atoms with Crippen LogP contribution in [0.2, 0.25) is 5.15 Å². The monoisotopic (exact) mass is 359 g/mol. The average molecular weight is 361 g/mol. The largest absolute Gasteiger partial charge is 0.334 e. The number of aromatic nitrogens is 1. The SMILES string of the molecule is Cc1cc(Br)c(F)cc1Nc1nc(Cl)ccc1[N+](=O)[O-]. The van der Waals surface area contributed by atoms with E-state index in [0.29, 0.717) is 15.7 Å². The van der Waals surface area contributed by atoms with Crippen molar-refractivity contribution in [2.75, 3.05) is 5.32 Å². The molecule has 5 nitrogen and oxygen atoms in total. The molecule has 1 aromatic carbocycles. The molecule has 1 heterocycles. The van der Waals surface area contributed by atoms with Crippen LogP contribution in [0.3, 0.4) is 0 Å². The van der Waals surface area contributed by atoms with Crippen LogP contribution in [0.25, 0.3) is 0 Å². The number of halogens is 3. The van der Waals surface area contributed by atoms with Crippen molar-refractivity contribution >= 4 is 44.7 Å². The van der Waals surface area contributed by atoms with E-state index >= 15 is 0 Å². The summed E-state index contributed by atoms with van der Waals surface area (Å²) in [6, 6.07) is 5.35. The van der Waals surface area contributed by atoms with Gasteiger partial charge < -0.3 is 5.32 Å². The van der Waals surface area contributed by atoms with E-state index in [1.807, 2.05) is 0 Å². The van der Waals surface area contributed by atoms with Crippen LogP contribution in [-0.2, 0) is 0 Å². The molecular formula is C12H8BrClFN3O2. The maximum absolute atomic E-state index is 13.5. The van der Waals surface area contributed by atoms with Gasteiger partial charge in [-0.2, -0.15) is 0 Å². The van der Waals surface area contributed by atoms with Gasteiger partial charge in [0.25, 0.3) is 0 Å². The second kappa shape index (κ2) is 5.72. The maximum atomic E-state index is 13.5. The molecule has 0 saturated heterocycles. The molecule has 0 spiro atoms. The highest BCUT2D eigenvalue weighted by Crippen LogP contribution is 2.30. The summed E-state index contributed by atoms with van der Waals surface area (Å²) in [6.45, 7) is 1.74. The number of hydrogen-bond donors (Lipinski definition) is 1. The van der Waals surface area contributed by atoms with Gasteiger partial charge in [-0.05, 0) is 46.6 Å². The lowest BCUT2D eigenvalue weighted by Gasteiger charge is -2.10. The van der Waals surface area contributed by atoms with E-state index in [0.717, 1.165) is 0 Å². The third-order valence-corrected chi connectivity index (χ3v) is 3.38. The summed E-state index contributed by atoms with van der Waals surface area (Å²) in [5, 5.41) is 13.8. The van der Waals surface area contributed by atoms with Crippen LogP contribution >= 0.6 is 27.5 Å². The molecule has 0 aliphatic heterocycles. The summed E-state index contributed by atoms with van der Waals surface area (Å²) >= 11 is 8.80. The van der Waals surface area contributed by atoms with E-state index in [1.165, 1.54) is 18.2 Å². The van der Waals surface area contributed by atoms with Gasteiger partial charge in [-0.15, -0.1) is 0 Å². The average Bonchev–Trinajstić information content (AvgIpc) is 2.35. The first kappa shape index (κ1) is 14.7. The Morgan fingerprint density at radius 3 is 2.80 bits per heavy atom.